The fourth-order valence-electron chi connectivity index (χ4n) is 1.32. The van der Waals surface area contributed by atoms with Crippen molar-refractivity contribution >= 4 is 28.5 Å². The van der Waals surface area contributed by atoms with Crippen LogP contribution in [0.3, 0.4) is 0 Å². The van der Waals surface area contributed by atoms with Crippen LogP contribution in [0.4, 0.5) is 0 Å². The predicted octanol–water partition coefficient (Wildman–Crippen LogP) is 0.575. The largest absolute Gasteiger partial charge is 0.546 e. The number of aliphatic carboxylic acids is 1. The number of rotatable bonds is 3. The first kappa shape index (κ1) is 11.5. The zero-order valence-corrected chi connectivity index (χ0v) is 9.19. The van der Waals surface area contributed by atoms with Gasteiger partial charge >= 0.3 is 0 Å². The van der Waals surface area contributed by atoms with Crippen LogP contribution in [0, 0.1) is 0 Å². The molecule has 2 aromatic rings. The van der Waals surface area contributed by atoms with Crippen molar-refractivity contribution in [3.8, 4) is 5.75 Å². The number of carbonyl (C=O) groups excluding carboxylic acids is 1. The standard InChI is InChI=1S/C11H7ClO5/c12-8-4-17-9-3-6(16-5-10(13)14)1-2-7(9)11(8)15/h1-4H,5H2,(H,13,14)/p-1. The molecule has 6 heteroatoms. The van der Waals surface area contributed by atoms with Crippen molar-refractivity contribution in [1.82, 2.24) is 0 Å². The molecule has 0 aliphatic heterocycles. The van der Waals surface area contributed by atoms with Gasteiger partial charge in [-0.3, -0.25) is 4.79 Å². The number of hydrogen-bond donors (Lipinski definition) is 0. The number of fused-ring (bicyclic) bond motifs is 1. The summed E-state index contributed by atoms with van der Waals surface area (Å²) in [6, 6.07) is 4.33. The van der Waals surface area contributed by atoms with Gasteiger partial charge in [0.2, 0.25) is 5.43 Å². The van der Waals surface area contributed by atoms with Gasteiger partial charge in [0.1, 0.15) is 29.2 Å². The fraction of sp³-hybridized carbons (Fsp3) is 0.0909. The van der Waals surface area contributed by atoms with Crippen LogP contribution in [-0.4, -0.2) is 12.6 Å². The van der Waals surface area contributed by atoms with Crippen LogP contribution in [0.1, 0.15) is 0 Å². The zero-order valence-electron chi connectivity index (χ0n) is 8.44. The van der Waals surface area contributed by atoms with Crippen molar-refractivity contribution in [2.45, 2.75) is 0 Å². The molecule has 1 aromatic carbocycles. The molecule has 0 spiro atoms. The number of carboxylic acids is 1. The minimum Gasteiger partial charge on any atom is -0.546 e. The van der Waals surface area contributed by atoms with E-state index in [1.807, 2.05) is 0 Å². The number of carbonyl (C=O) groups is 1. The lowest BCUT2D eigenvalue weighted by atomic mass is 10.2. The maximum atomic E-state index is 11.6. The molecular weight excluding hydrogens is 248 g/mol. The van der Waals surface area contributed by atoms with E-state index < -0.39 is 12.6 Å². The fourth-order valence-corrected chi connectivity index (χ4v) is 1.46. The summed E-state index contributed by atoms with van der Waals surface area (Å²) in [7, 11) is 0. The molecule has 0 aliphatic rings. The molecule has 17 heavy (non-hydrogen) atoms. The molecule has 0 amide bonds. The van der Waals surface area contributed by atoms with Crippen LogP contribution in [0.2, 0.25) is 5.02 Å². The third kappa shape index (κ3) is 2.39. The Kier molecular flexibility index (Phi) is 3.01. The van der Waals surface area contributed by atoms with E-state index in [0.717, 1.165) is 6.26 Å². The van der Waals surface area contributed by atoms with E-state index in [-0.39, 0.29) is 21.8 Å². The zero-order chi connectivity index (χ0) is 12.4. The quantitative estimate of drug-likeness (QED) is 0.799. The molecule has 1 heterocycles. The summed E-state index contributed by atoms with van der Waals surface area (Å²) in [4.78, 5) is 21.8. The monoisotopic (exact) mass is 253 g/mol. The Hall–Kier alpha value is -2.01. The van der Waals surface area contributed by atoms with Gasteiger partial charge < -0.3 is 19.1 Å². The van der Waals surface area contributed by atoms with Gasteiger partial charge in [-0.1, -0.05) is 11.6 Å². The Morgan fingerprint density at radius 1 is 1.47 bits per heavy atom. The molecule has 1 aromatic heterocycles. The van der Waals surface area contributed by atoms with Crippen molar-refractivity contribution in [2.24, 2.45) is 0 Å². The van der Waals surface area contributed by atoms with E-state index in [1.54, 1.807) is 0 Å². The molecule has 88 valence electrons. The predicted molar refractivity (Wildman–Crippen MR) is 58.0 cm³/mol. The molecular formula is C11H6ClO5-. The van der Waals surface area contributed by atoms with Crippen molar-refractivity contribution in [3.05, 3.63) is 39.7 Å². The van der Waals surface area contributed by atoms with Gasteiger partial charge in [0.25, 0.3) is 0 Å². The highest BCUT2D eigenvalue weighted by Gasteiger charge is 2.06. The Morgan fingerprint density at radius 2 is 2.24 bits per heavy atom. The van der Waals surface area contributed by atoms with Crippen LogP contribution in [0.15, 0.2) is 33.7 Å². The number of ether oxygens (including phenoxy) is 1. The van der Waals surface area contributed by atoms with Gasteiger partial charge in [0.05, 0.1) is 11.4 Å². The van der Waals surface area contributed by atoms with E-state index in [4.69, 9.17) is 20.8 Å². The lowest BCUT2D eigenvalue weighted by Crippen LogP contribution is -2.28. The second kappa shape index (κ2) is 4.47. The molecule has 0 aliphatic carbocycles. The second-order valence-corrected chi connectivity index (χ2v) is 3.64. The van der Waals surface area contributed by atoms with Gasteiger partial charge in [0.15, 0.2) is 0 Å². The summed E-state index contributed by atoms with van der Waals surface area (Å²) in [6.07, 6.45) is 1.12. The molecule has 0 atom stereocenters. The van der Waals surface area contributed by atoms with E-state index in [2.05, 4.69) is 0 Å². The molecule has 5 nitrogen and oxygen atoms in total. The Morgan fingerprint density at radius 3 is 2.94 bits per heavy atom. The SMILES string of the molecule is O=C([O-])COc1ccc2c(=O)c(Cl)coc2c1. The molecule has 0 N–H and O–H groups in total. The Bertz CT molecular complexity index is 631. The summed E-state index contributed by atoms with van der Waals surface area (Å²) in [5.74, 6) is -1.06. The first-order valence-corrected chi connectivity index (χ1v) is 4.99. The Balaban J connectivity index is 2.42. The highest BCUT2D eigenvalue weighted by Crippen LogP contribution is 2.20. The van der Waals surface area contributed by atoms with E-state index in [9.17, 15) is 14.7 Å². The third-order valence-corrected chi connectivity index (χ3v) is 2.32. The highest BCUT2D eigenvalue weighted by molar-refractivity contribution is 6.30. The normalized spacial score (nSPS) is 10.4. The van der Waals surface area contributed by atoms with Crippen LogP contribution in [-0.2, 0) is 4.79 Å². The lowest BCUT2D eigenvalue weighted by Gasteiger charge is -2.06. The number of carboxylic acid groups (broad SMARTS) is 1. The van der Waals surface area contributed by atoms with Crippen LogP contribution in [0.5, 0.6) is 5.75 Å². The molecule has 0 unspecified atom stereocenters. The highest BCUT2D eigenvalue weighted by atomic mass is 35.5. The van der Waals surface area contributed by atoms with Crippen LogP contribution in [0.25, 0.3) is 11.0 Å². The average molecular weight is 254 g/mol. The lowest BCUT2D eigenvalue weighted by molar-refractivity contribution is -0.307. The van der Waals surface area contributed by atoms with E-state index in [1.165, 1.54) is 18.2 Å². The molecule has 0 fully saturated rings. The van der Waals surface area contributed by atoms with Gasteiger partial charge in [-0.15, -0.1) is 0 Å². The average Bonchev–Trinajstić information content (AvgIpc) is 2.31. The van der Waals surface area contributed by atoms with Gasteiger partial charge in [-0.25, -0.2) is 0 Å². The summed E-state index contributed by atoms with van der Waals surface area (Å²) in [5.41, 5.74) is -0.0744. The number of benzene rings is 1. The van der Waals surface area contributed by atoms with Gasteiger partial charge in [-0.2, -0.15) is 0 Å². The summed E-state index contributed by atoms with van der Waals surface area (Å²) in [6.45, 7) is -0.566. The minimum absolute atomic E-state index is 0.0131. The topological polar surface area (TPSA) is 79.6 Å². The van der Waals surface area contributed by atoms with Crippen LogP contribution < -0.4 is 15.3 Å². The molecule has 0 radical (unpaired) electrons. The van der Waals surface area contributed by atoms with Gasteiger partial charge in [-0.05, 0) is 12.1 Å². The minimum atomic E-state index is -1.33. The third-order valence-electron chi connectivity index (χ3n) is 2.06. The van der Waals surface area contributed by atoms with Crippen molar-refractivity contribution in [1.29, 1.82) is 0 Å². The first-order valence-electron chi connectivity index (χ1n) is 4.61. The number of hydrogen-bond acceptors (Lipinski definition) is 5. The van der Waals surface area contributed by atoms with Crippen molar-refractivity contribution < 1.29 is 19.1 Å². The molecule has 0 saturated heterocycles. The molecule has 0 bridgehead atoms. The first-order chi connectivity index (χ1) is 8.08. The van der Waals surface area contributed by atoms with Crippen molar-refractivity contribution in [2.75, 3.05) is 6.61 Å². The smallest absolute Gasteiger partial charge is 0.211 e. The summed E-state index contributed by atoms with van der Waals surface area (Å²) >= 11 is 5.61. The molecule has 0 saturated carbocycles. The van der Waals surface area contributed by atoms with E-state index in [0.29, 0.717) is 5.39 Å². The Labute approximate surface area is 100 Å². The second-order valence-electron chi connectivity index (χ2n) is 3.23. The van der Waals surface area contributed by atoms with Crippen LogP contribution >= 0.6 is 11.6 Å². The maximum absolute atomic E-state index is 11.6. The van der Waals surface area contributed by atoms with Gasteiger partial charge in [0, 0.05) is 6.07 Å². The summed E-state index contributed by atoms with van der Waals surface area (Å²) in [5, 5.41) is 10.5. The summed E-state index contributed by atoms with van der Waals surface area (Å²) < 4.78 is 9.98. The maximum Gasteiger partial charge on any atom is 0.211 e. The number of halogens is 1. The molecule has 2 rings (SSSR count). The van der Waals surface area contributed by atoms with Crippen molar-refractivity contribution in [3.63, 3.8) is 0 Å². The van der Waals surface area contributed by atoms with E-state index >= 15 is 0 Å².